The average molecular weight is 520 g/mol. The molecule has 0 atom stereocenters. The molecular weight excluding hydrogens is 496 g/mol. The summed E-state index contributed by atoms with van der Waals surface area (Å²) in [4.78, 5) is 1.54. The van der Waals surface area contributed by atoms with E-state index in [0.717, 1.165) is 29.9 Å². The van der Waals surface area contributed by atoms with Gasteiger partial charge in [0.2, 0.25) is 0 Å². The number of phenolic OH excluding ortho intramolecular Hbond substituents is 2. The van der Waals surface area contributed by atoms with Gasteiger partial charge in [-0.3, -0.25) is 0 Å². The van der Waals surface area contributed by atoms with E-state index in [-0.39, 0.29) is 10.8 Å². The minimum absolute atomic E-state index is 0.162. The molecule has 0 fully saturated rings. The lowest BCUT2D eigenvalue weighted by atomic mass is 9.86. The van der Waals surface area contributed by atoms with E-state index in [4.69, 9.17) is 0 Å². The molecule has 2 nitrogen and oxygen atoms in total. The third-order valence-corrected chi connectivity index (χ3v) is 7.22. The van der Waals surface area contributed by atoms with Gasteiger partial charge in [-0.1, -0.05) is 73.4 Å². The highest BCUT2D eigenvalue weighted by atomic mass is 79.9. The van der Waals surface area contributed by atoms with Crippen LogP contribution in [-0.4, -0.2) is 10.2 Å². The molecule has 0 amide bonds. The van der Waals surface area contributed by atoms with E-state index < -0.39 is 0 Å². The van der Waals surface area contributed by atoms with Gasteiger partial charge < -0.3 is 10.2 Å². The highest BCUT2D eigenvalue weighted by Gasteiger charge is 2.24. The van der Waals surface area contributed by atoms with Crippen LogP contribution in [0.3, 0.4) is 0 Å². The molecule has 0 aliphatic rings. The van der Waals surface area contributed by atoms with Gasteiger partial charge in [-0.05, 0) is 56.7 Å². The highest BCUT2D eigenvalue weighted by Crippen LogP contribution is 2.50. The number of hydrogen-bond acceptors (Lipinski definition) is 4. The van der Waals surface area contributed by atoms with Crippen LogP contribution in [-0.2, 0) is 10.8 Å². The van der Waals surface area contributed by atoms with Crippen LogP contribution >= 0.6 is 53.4 Å². The Bertz CT molecular complexity index is 753. The zero-order valence-corrected chi connectivity index (χ0v) is 20.6. The van der Waals surface area contributed by atoms with Crippen LogP contribution in [0, 0.1) is 0 Å². The van der Waals surface area contributed by atoms with E-state index in [0.29, 0.717) is 11.5 Å². The van der Waals surface area contributed by atoms with Crippen LogP contribution in [0.25, 0.3) is 0 Å². The van der Waals surface area contributed by atoms with Gasteiger partial charge >= 0.3 is 0 Å². The van der Waals surface area contributed by atoms with Crippen LogP contribution in [0.2, 0.25) is 0 Å². The van der Waals surface area contributed by atoms with E-state index in [2.05, 4.69) is 73.4 Å². The van der Waals surface area contributed by atoms with Crippen molar-refractivity contribution in [3.05, 3.63) is 44.3 Å². The largest absolute Gasteiger partial charge is 0.506 e. The normalized spacial score (nSPS) is 12.5. The number of benzene rings is 2. The summed E-state index contributed by atoms with van der Waals surface area (Å²) in [7, 11) is 2.89. The summed E-state index contributed by atoms with van der Waals surface area (Å²) in [5.74, 6) is 0.590. The molecule has 0 unspecified atom stereocenters. The van der Waals surface area contributed by atoms with Crippen molar-refractivity contribution in [3.8, 4) is 11.5 Å². The van der Waals surface area contributed by atoms with E-state index >= 15 is 0 Å². The van der Waals surface area contributed by atoms with Crippen molar-refractivity contribution in [3.63, 3.8) is 0 Å². The molecule has 6 heteroatoms. The van der Waals surface area contributed by atoms with Gasteiger partial charge in [-0.15, -0.1) is 0 Å². The first-order valence-electron chi connectivity index (χ1n) is 8.21. The van der Waals surface area contributed by atoms with E-state index in [1.807, 2.05) is 24.3 Å². The van der Waals surface area contributed by atoms with Crippen molar-refractivity contribution in [2.75, 3.05) is 0 Å². The van der Waals surface area contributed by atoms with Crippen molar-refractivity contribution in [2.24, 2.45) is 0 Å². The monoisotopic (exact) mass is 518 g/mol. The van der Waals surface area contributed by atoms with Gasteiger partial charge in [0.1, 0.15) is 11.5 Å². The predicted octanol–water partition coefficient (Wildman–Crippen LogP) is 8.02. The SMILES string of the molecule is CC(C)(C)c1cc(Br)cc(SSc2cc(Br)cc(C(C)(C)C)c2O)c1O. The Morgan fingerprint density at radius 3 is 1.23 bits per heavy atom. The lowest BCUT2D eigenvalue weighted by Crippen LogP contribution is -2.11. The summed E-state index contributed by atoms with van der Waals surface area (Å²) in [6.45, 7) is 12.5. The number of hydrogen-bond donors (Lipinski definition) is 2. The fraction of sp³-hybridized carbons (Fsp3) is 0.400. The third kappa shape index (κ3) is 5.15. The van der Waals surface area contributed by atoms with Crippen LogP contribution in [0.15, 0.2) is 43.0 Å². The lowest BCUT2D eigenvalue weighted by molar-refractivity contribution is 0.433. The second kappa shape index (κ2) is 7.98. The van der Waals surface area contributed by atoms with Crippen LogP contribution in [0.5, 0.6) is 11.5 Å². The number of phenols is 2. The van der Waals surface area contributed by atoms with Crippen LogP contribution < -0.4 is 0 Å². The van der Waals surface area contributed by atoms with Gasteiger partial charge in [0.25, 0.3) is 0 Å². The summed E-state index contributed by atoms with van der Waals surface area (Å²) in [6, 6.07) is 7.72. The zero-order valence-electron chi connectivity index (χ0n) is 15.8. The highest BCUT2D eigenvalue weighted by molar-refractivity contribution is 9.10. The molecule has 2 rings (SSSR count). The molecular formula is C20H24Br2O2S2. The Morgan fingerprint density at radius 1 is 0.654 bits per heavy atom. The first-order chi connectivity index (χ1) is 11.8. The number of rotatable bonds is 3. The zero-order chi connectivity index (χ0) is 19.9. The maximum Gasteiger partial charge on any atom is 0.133 e. The van der Waals surface area contributed by atoms with Crippen molar-refractivity contribution >= 4 is 53.4 Å². The van der Waals surface area contributed by atoms with Crippen molar-refractivity contribution in [1.82, 2.24) is 0 Å². The Balaban J connectivity index is 2.39. The maximum atomic E-state index is 10.7. The Morgan fingerprint density at radius 2 is 0.962 bits per heavy atom. The first-order valence-corrected chi connectivity index (χ1v) is 11.9. The van der Waals surface area contributed by atoms with Gasteiger partial charge in [-0.25, -0.2) is 0 Å². The van der Waals surface area contributed by atoms with Crippen molar-refractivity contribution in [2.45, 2.75) is 62.2 Å². The Kier molecular flexibility index (Phi) is 6.75. The molecule has 0 saturated carbocycles. The molecule has 26 heavy (non-hydrogen) atoms. The van der Waals surface area contributed by atoms with Crippen LogP contribution in [0.1, 0.15) is 52.7 Å². The van der Waals surface area contributed by atoms with Gasteiger partial charge in [-0.2, -0.15) is 0 Å². The average Bonchev–Trinajstić information content (AvgIpc) is 2.48. The van der Waals surface area contributed by atoms with E-state index in [1.165, 1.54) is 21.6 Å². The molecule has 0 aliphatic carbocycles. The lowest BCUT2D eigenvalue weighted by Gasteiger charge is -2.23. The summed E-state index contributed by atoms with van der Waals surface area (Å²) in [5, 5.41) is 21.4. The third-order valence-electron chi connectivity index (χ3n) is 3.92. The maximum absolute atomic E-state index is 10.7. The quantitative estimate of drug-likeness (QED) is 0.402. The summed E-state index contributed by atoms with van der Waals surface area (Å²) < 4.78 is 1.86. The molecule has 2 N–H and O–H groups in total. The smallest absolute Gasteiger partial charge is 0.133 e. The second-order valence-corrected chi connectivity index (χ2v) is 12.3. The van der Waals surface area contributed by atoms with Crippen molar-refractivity contribution < 1.29 is 10.2 Å². The summed E-state index contributed by atoms with van der Waals surface area (Å²) in [6.07, 6.45) is 0. The fourth-order valence-electron chi connectivity index (χ4n) is 2.51. The first kappa shape index (κ1) is 22.0. The minimum atomic E-state index is -0.162. The molecule has 0 aliphatic heterocycles. The standard InChI is InChI=1S/C20H24Br2O2S2/c1-19(2,3)13-7-11(21)9-15(17(13)23)25-26-16-10-12(22)8-14(18(16)24)20(4,5)6/h7-10,23-24H,1-6H3. The predicted molar refractivity (Wildman–Crippen MR) is 121 cm³/mol. The van der Waals surface area contributed by atoms with E-state index in [9.17, 15) is 10.2 Å². The minimum Gasteiger partial charge on any atom is -0.506 e. The molecule has 0 saturated heterocycles. The molecule has 0 heterocycles. The van der Waals surface area contributed by atoms with Gasteiger partial charge in [0, 0.05) is 20.1 Å². The summed E-state index contributed by atoms with van der Waals surface area (Å²) >= 11 is 7.08. The number of halogens is 2. The molecule has 0 radical (unpaired) electrons. The fourth-order valence-corrected chi connectivity index (χ4v) is 5.94. The molecule has 0 aromatic heterocycles. The Hall–Kier alpha value is -0.300. The molecule has 2 aromatic rings. The Labute approximate surface area is 180 Å². The van der Waals surface area contributed by atoms with E-state index in [1.54, 1.807) is 0 Å². The van der Waals surface area contributed by atoms with Gasteiger partial charge in [0.05, 0.1) is 9.79 Å². The topological polar surface area (TPSA) is 40.5 Å². The second-order valence-electron chi connectivity index (χ2n) is 8.27. The molecule has 0 bridgehead atoms. The van der Waals surface area contributed by atoms with Gasteiger partial charge in [0.15, 0.2) is 0 Å². The van der Waals surface area contributed by atoms with Crippen molar-refractivity contribution in [1.29, 1.82) is 0 Å². The van der Waals surface area contributed by atoms with Crippen LogP contribution in [0.4, 0.5) is 0 Å². The molecule has 2 aromatic carbocycles. The molecule has 142 valence electrons. The number of aromatic hydroxyl groups is 2. The molecule has 0 spiro atoms. The summed E-state index contributed by atoms with van der Waals surface area (Å²) in [5.41, 5.74) is 1.46.